The molecule has 1 saturated heterocycles. The summed E-state index contributed by atoms with van der Waals surface area (Å²) in [5.41, 5.74) is 1.04. The molecule has 1 aromatic carbocycles. The van der Waals surface area contributed by atoms with Crippen LogP contribution in [0.1, 0.15) is 25.3 Å². The Bertz CT molecular complexity index is 427. The van der Waals surface area contributed by atoms with Gasteiger partial charge in [0.2, 0.25) is 5.91 Å². The van der Waals surface area contributed by atoms with E-state index in [0.29, 0.717) is 5.69 Å². The summed E-state index contributed by atoms with van der Waals surface area (Å²) in [5.74, 6) is -0.243. The van der Waals surface area contributed by atoms with Crippen molar-refractivity contribution in [2.45, 2.75) is 32.7 Å². The fraction of sp³-hybridized carbons (Fsp3) is 0.500. The second-order valence-electron chi connectivity index (χ2n) is 4.97. The molecule has 1 amide bonds. The molecular weight excluding hydrogens is 231 g/mol. The second-order valence-corrected chi connectivity index (χ2v) is 4.97. The molecule has 98 valence electrons. The Hall–Kier alpha value is -1.42. The van der Waals surface area contributed by atoms with Crippen molar-refractivity contribution in [3.05, 3.63) is 29.6 Å². The van der Waals surface area contributed by atoms with Crippen molar-refractivity contribution < 1.29 is 9.18 Å². The van der Waals surface area contributed by atoms with Crippen molar-refractivity contribution in [3.8, 4) is 0 Å². The molecule has 0 spiro atoms. The lowest BCUT2D eigenvalue weighted by Crippen LogP contribution is -2.48. The number of hydrogen-bond donors (Lipinski definition) is 2. The normalized spacial score (nSPS) is 23.7. The molecule has 2 unspecified atom stereocenters. The summed E-state index contributed by atoms with van der Waals surface area (Å²) >= 11 is 0. The summed E-state index contributed by atoms with van der Waals surface area (Å²) in [7, 11) is 0. The Morgan fingerprint density at radius 3 is 2.94 bits per heavy atom. The minimum atomic E-state index is -0.383. The van der Waals surface area contributed by atoms with E-state index in [4.69, 9.17) is 0 Å². The zero-order chi connectivity index (χ0) is 13.1. The molecule has 1 aromatic rings. The van der Waals surface area contributed by atoms with Crippen molar-refractivity contribution in [1.29, 1.82) is 0 Å². The maximum atomic E-state index is 13.6. The Kier molecular flexibility index (Phi) is 3.97. The largest absolute Gasteiger partial charge is 0.322 e. The van der Waals surface area contributed by atoms with Gasteiger partial charge in [0, 0.05) is 0 Å². The first-order chi connectivity index (χ1) is 8.59. The number of amides is 1. The average molecular weight is 250 g/mol. The Morgan fingerprint density at radius 2 is 2.28 bits per heavy atom. The van der Waals surface area contributed by atoms with Crippen LogP contribution in [0.15, 0.2) is 18.2 Å². The van der Waals surface area contributed by atoms with Gasteiger partial charge in [0.1, 0.15) is 5.82 Å². The number of carbonyl (C=O) groups is 1. The van der Waals surface area contributed by atoms with Crippen molar-refractivity contribution in [2.24, 2.45) is 5.92 Å². The lowest BCUT2D eigenvalue weighted by atomic mass is 9.92. The van der Waals surface area contributed by atoms with Crippen molar-refractivity contribution in [2.75, 3.05) is 11.9 Å². The van der Waals surface area contributed by atoms with Crippen LogP contribution < -0.4 is 10.6 Å². The highest BCUT2D eigenvalue weighted by atomic mass is 19.1. The van der Waals surface area contributed by atoms with Crippen LogP contribution in [-0.4, -0.2) is 18.5 Å². The third-order valence-electron chi connectivity index (χ3n) is 3.52. The van der Waals surface area contributed by atoms with E-state index in [9.17, 15) is 9.18 Å². The van der Waals surface area contributed by atoms with E-state index < -0.39 is 0 Å². The molecule has 2 rings (SSSR count). The molecule has 1 fully saturated rings. The molecule has 0 radical (unpaired) electrons. The van der Waals surface area contributed by atoms with Gasteiger partial charge in [0.05, 0.1) is 11.7 Å². The Morgan fingerprint density at radius 1 is 1.50 bits per heavy atom. The van der Waals surface area contributed by atoms with Crippen LogP contribution in [0.2, 0.25) is 0 Å². The van der Waals surface area contributed by atoms with Crippen molar-refractivity contribution in [3.63, 3.8) is 0 Å². The summed E-state index contributed by atoms with van der Waals surface area (Å²) in [6, 6.07) is 4.57. The quantitative estimate of drug-likeness (QED) is 0.846. The van der Waals surface area contributed by atoms with E-state index >= 15 is 0 Å². The van der Waals surface area contributed by atoms with Crippen LogP contribution in [0.3, 0.4) is 0 Å². The van der Waals surface area contributed by atoms with E-state index in [2.05, 4.69) is 10.6 Å². The molecular formula is C14H19FN2O. The molecule has 1 aliphatic rings. The van der Waals surface area contributed by atoms with Crippen LogP contribution in [0, 0.1) is 18.7 Å². The molecule has 0 bridgehead atoms. The lowest BCUT2D eigenvalue weighted by molar-refractivity contribution is -0.119. The SMILES string of the molecule is Cc1cccc(F)c1NC(=O)C1NCCCC1C. The summed E-state index contributed by atoms with van der Waals surface area (Å²) < 4.78 is 13.6. The third-order valence-corrected chi connectivity index (χ3v) is 3.52. The highest BCUT2D eigenvalue weighted by molar-refractivity contribution is 5.95. The maximum absolute atomic E-state index is 13.6. The minimum absolute atomic E-state index is 0.143. The number of anilines is 1. The predicted molar refractivity (Wildman–Crippen MR) is 70.0 cm³/mol. The summed E-state index contributed by atoms with van der Waals surface area (Å²) in [6.07, 6.45) is 2.12. The topological polar surface area (TPSA) is 41.1 Å². The third kappa shape index (κ3) is 2.70. The van der Waals surface area contributed by atoms with Gasteiger partial charge in [0.15, 0.2) is 0 Å². The first kappa shape index (κ1) is 13.0. The fourth-order valence-electron chi connectivity index (χ4n) is 2.39. The number of piperidine rings is 1. The summed E-state index contributed by atoms with van der Waals surface area (Å²) in [6.45, 7) is 4.68. The van der Waals surface area contributed by atoms with Gasteiger partial charge in [-0.3, -0.25) is 4.79 Å². The number of hydrogen-bond acceptors (Lipinski definition) is 2. The minimum Gasteiger partial charge on any atom is -0.322 e. The van der Waals surface area contributed by atoms with Crippen LogP contribution in [0.25, 0.3) is 0 Å². The van der Waals surface area contributed by atoms with E-state index in [1.165, 1.54) is 6.07 Å². The zero-order valence-corrected chi connectivity index (χ0v) is 10.8. The monoisotopic (exact) mass is 250 g/mol. The number of aryl methyl sites for hydroxylation is 1. The Balaban J connectivity index is 2.11. The van der Waals surface area contributed by atoms with E-state index in [1.54, 1.807) is 19.1 Å². The first-order valence-electron chi connectivity index (χ1n) is 6.39. The lowest BCUT2D eigenvalue weighted by Gasteiger charge is -2.29. The molecule has 3 nitrogen and oxygen atoms in total. The number of halogens is 1. The van der Waals surface area contributed by atoms with Gasteiger partial charge < -0.3 is 10.6 Å². The van der Waals surface area contributed by atoms with E-state index in [1.807, 2.05) is 6.92 Å². The van der Waals surface area contributed by atoms with Gasteiger partial charge in [-0.1, -0.05) is 19.1 Å². The van der Waals surface area contributed by atoms with Gasteiger partial charge in [0.25, 0.3) is 0 Å². The van der Waals surface area contributed by atoms with Gasteiger partial charge in [-0.2, -0.15) is 0 Å². The summed E-state index contributed by atoms with van der Waals surface area (Å²) in [4.78, 5) is 12.1. The number of carbonyl (C=O) groups excluding carboxylic acids is 1. The number of para-hydroxylation sites is 1. The van der Waals surface area contributed by atoms with Crippen LogP contribution in [-0.2, 0) is 4.79 Å². The van der Waals surface area contributed by atoms with Crippen molar-refractivity contribution >= 4 is 11.6 Å². The molecule has 2 N–H and O–H groups in total. The standard InChI is InChI=1S/C14H19FN2O/c1-9-5-3-7-11(15)12(9)17-14(18)13-10(2)6-4-8-16-13/h3,5,7,10,13,16H,4,6,8H2,1-2H3,(H,17,18). The number of rotatable bonds is 2. The average Bonchev–Trinajstić information content (AvgIpc) is 2.34. The van der Waals surface area contributed by atoms with E-state index in [-0.39, 0.29) is 23.7 Å². The molecule has 1 aliphatic heterocycles. The van der Waals surface area contributed by atoms with Gasteiger partial charge in [-0.05, 0) is 43.9 Å². The number of nitrogens with one attached hydrogen (secondary N) is 2. The zero-order valence-electron chi connectivity index (χ0n) is 10.8. The molecule has 4 heteroatoms. The van der Waals surface area contributed by atoms with Crippen LogP contribution >= 0.6 is 0 Å². The molecule has 1 heterocycles. The summed E-state index contributed by atoms with van der Waals surface area (Å²) in [5, 5.41) is 5.90. The van der Waals surface area contributed by atoms with Gasteiger partial charge in [-0.15, -0.1) is 0 Å². The smallest absolute Gasteiger partial charge is 0.241 e. The molecule has 0 aliphatic carbocycles. The highest BCUT2D eigenvalue weighted by Gasteiger charge is 2.27. The molecule has 2 atom stereocenters. The predicted octanol–water partition coefficient (Wildman–Crippen LogP) is 2.46. The van der Waals surface area contributed by atoms with Crippen molar-refractivity contribution in [1.82, 2.24) is 5.32 Å². The Labute approximate surface area is 107 Å². The fourth-order valence-corrected chi connectivity index (χ4v) is 2.39. The second kappa shape index (κ2) is 5.48. The molecule has 0 aromatic heterocycles. The molecule has 0 saturated carbocycles. The van der Waals surface area contributed by atoms with Crippen LogP contribution in [0.5, 0.6) is 0 Å². The van der Waals surface area contributed by atoms with Crippen LogP contribution in [0.4, 0.5) is 10.1 Å². The first-order valence-corrected chi connectivity index (χ1v) is 6.39. The maximum Gasteiger partial charge on any atom is 0.241 e. The van der Waals surface area contributed by atoms with Gasteiger partial charge in [-0.25, -0.2) is 4.39 Å². The van der Waals surface area contributed by atoms with E-state index in [0.717, 1.165) is 24.9 Å². The molecule has 18 heavy (non-hydrogen) atoms. The number of benzene rings is 1. The van der Waals surface area contributed by atoms with Gasteiger partial charge >= 0.3 is 0 Å². The highest BCUT2D eigenvalue weighted by Crippen LogP contribution is 2.21.